The summed E-state index contributed by atoms with van der Waals surface area (Å²) in [6, 6.07) is 0. The smallest absolute Gasteiger partial charge is 0.196 e. The number of rotatable bonds is 17. The molecule has 0 saturated carbocycles. The van der Waals surface area contributed by atoms with Crippen molar-refractivity contribution in [3.63, 3.8) is 0 Å². The summed E-state index contributed by atoms with van der Waals surface area (Å²) >= 11 is 0. The molecule has 5 heteroatoms. The van der Waals surface area contributed by atoms with Gasteiger partial charge in [-0.2, -0.15) is 22.0 Å². The van der Waals surface area contributed by atoms with Crippen molar-refractivity contribution >= 4 is 0 Å². The molecular formula is C25H45F5. The quantitative estimate of drug-likeness (QED) is 0.120. The molecule has 0 aromatic rings. The lowest BCUT2D eigenvalue weighted by atomic mass is 9.96. The second-order valence-corrected chi connectivity index (χ2v) is 8.80. The van der Waals surface area contributed by atoms with Crippen LogP contribution >= 0.6 is 0 Å². The monoisotopic (exact) mass is 440 g/mol. The van der Waals surface area contributed by atoms with E-state index >= 15 is 0 Å². The zero-order valence-electron chi connectivity index (χ0n) is 19.5. The normalized spacial score (nSPS) is 13.0. The van der Waals surface area contributed by atoms with Crippen molar-refractivity contribution in [3.8, 4) is 0 Å². The van der Waals surface area contributed by atoms with Crippen molar-refractivity contribution in [3.05, 3.63) is 25.3 Å². The van der Waals surface area contributed by atoms with Gasteiger partial charge in [0.25, 0.3) is 0 Å². The van der Waals surface area contributed by atoms with Crippen LogP contribution in [0, 0.1) is 11.8 Å². The Labute approximate surface area is 182 Å². The van der Waals surface area contributed by atoms with E-state index in [0.717, 1.165) is 44.4 Å². The van der Waals surface area contributed by atoms with Gasteiger partial charge in [-0.1, -0.05) is 84.3 Å². The Bertz CT molecular complexity index is 399. The topological polar surface area (TPSA) is 0 Å². The third kappa shape index (κ3) is 20.4. The molecule has 1 atom stereocenters. The molecule has 1 unspecified atom stereocenters. The summed E-state index contributed by atoms with van der Waals surface area (Å²) < 4.78 is 61.1. The molecule has 180 valence electrons. The fourth-order valence-corrected chi connectivity index (χ4v) is 3.10. The average Bonchev–Trinajstić information content (AvgIpc) is 2.64. The molecule has 0 saturated heterocycles. The highest BCUT2D eigenvalue weighted by Crippen LogP contribution is 2.39. The summed E-state index contributed by atoms with van der Waals surface area (Å²) in [5, 5.41) is 0. The minimum atomic E-state index is -5.41. The van der Waals surface area contributed by atoms with Crippen LogP contribution in [0.3, 0.4) is 0 Å². The lowest BCUT2D eigenvalue weighted by Gasteiger charge is -2.19. The Morgan fingerprint density at radius 1 is 0.633 bits per heavy atom. The molecule has 0 aliphatic rings. The van der Waals surface area contributed by atoms with E-state index in [0.29, 0.717) is 12.3 Å². The van der Waals surface area contributed by atoms with Crippen LogP contribution in [-0.2, 0) is 0 Å². The SMILES string of the molecule is C=CCCCCCC(C)C.C=CCCCCCC(C)CCCCC(F)(F)C(F)(F)F. The second kappa shape index (κ2) is 18.9. The third-order valence-electron chi connectivity index (χ3n) is 5.15. The van der Waals surface area contributed by atoms with E-state index in [2.05, 4.69) is 27.0 Å². The Kier molecular flexibility index (Phi) is 19.7. The fraction of sp³-hybridized carbons (Fsp3) is 0.840. The Morgan fingerprint density at radius 2 is 1.07 bits per heavy atom. The van der Waals surface area contributed by atoms with E-state index in [1.807, 2.05) is 19.1 Å². The molecule has 0 spiro atoms. The predicted molar refractivity (Wildman–Crippen MR) is 120 cm³/mol. The summed E-state index contributed by atoms with van der Waals surface area (Å²) in [4.78, 5) is 0. The first-order valence-electron chi connectivity index (χ1n) is 11.6. The van der Waals surface area contributed by atoms with Gasteiger partial charge in [0, 0.05) is 6.42 Å². The van der Waals surface area contributed by atoms with Crippen molar-refractivity contribution < 1.29 is 22.0 Å². The summed E-state index contributed by atoms with van der Waals surface area (Å²) in [5.41, 5.74) is 0. The molecule has 0 aliphatic heterocycles. The van der Waals surface area contributed by atoms with Crippen molar-refractivity contribution in [1.82, 2.24) is 0 Å². The molecule has 0 radical (unpaired) electrons. The van der Waals surface area contributed by atoms with Crippen molar-refractivity contribution in [1.29, 1.82) is 0 Å². The van der Waals surface area contributed by atoms with Gasteiger partial charge in [0.2, 0.25) is 0 Å². The molecular weight excluding hydrogens is 395 g/mol. The molecule has 0 aliphatic carbocycles. The molecule has 0 nitrogen and oxygen atoms in total. The number of hydrogen-bond donors (Lipinski definition) is 0. The van der Waals surface area contributed by atoms with Gasteiger partial charge in [0.05, 0.1) is 0 Å². The van der Waals surface area contributed by atoms with E-state index < -0.39 is 18.5 Å². The minimum absolute atomic E-state index is 0.0761. The first-order valence-corrected chi connectivity index (χ1v) is 11.6. The van der Waals surface area contributed by atoms with E-state index in [9.17, 15) is 22.0 Å². The molecule has 0 heterocycles. The van der Waals surface area contributed by atoms with Gasteiger partial charge in [-0.05, 0) is 43.9 Å². The molecule has 0 N–H and O–H groups in total. The van der Waals surface area contributed by atoms with Gasteiger partial charge in [0.15, 0.2) is 0 Å². The highest BCUT2D eigenvalue weighted by atomic mass is 19.4. The summed E-state index contributed by atoms with van der Waals surface area (Å²) in [6.45, 7) is 13.9. The molecule has 0 aromatic heterocycles. The highest BCUT2D eigenvalue weighted by Gasteiger charge is 2.56. The van der Waals surface area contributed by atoms with E-state index in [-0.39, 0.29) is 6.42 Å². The van der Waals surface area contributed by atoms with E-state index in [1.165, 1.54) is 32.1 Å². The Hall–Kier alpha value is -0.870. The van der Waals surface area contributed by atoms with Crippen LogP contribution in [0.5, 0.6) is 0 Å². The standard InChI is InChI=1S/C15H25F5.C10H20/c1-3-4-5-6-7-10-13(2)11-8-9-12-14(16,17)15(18,19)20;1-4-5-6-7-8-9-10(2)3/h3,13H,1,4-12H2,2H3;4,10H,1,5-9H2,2-3H3. The van der Waals surface area contributed by atoms with Crippen LogP contribution < -0.4 is 0 Å². The maximum absolute atomic E-state index is 12.6. The van der Waals surface area contributed by atoms with Gasteiger partial charge in [0.1, 0.15) is 0 Å². The van der Waals surface area contributed by atoms with Gasteiger partial charge >= 0.3 is 12.1 Å². The van der Waals surface area contributed by atoms with Crippen LogP contribution in [-0.4, -0.2) is 12.1 Å². The molecule has 0 fully saturated rings. The highest BCUT2D eigenvalue weighted by molar-refractivity contribution is 4.75. The van der Waals surface area contributed by atoms with Crippen molar-refractivity contribution in [2.75, 3.05) is 0 Å². The van der Waals surface area contributed by atoms with E-state index in [1.54, 1.807) is 0 Å². The van der Waals surface area contributed by atoms with Crippen LogP contribution in [0.2, 0.25) is 0 Å². The number of allylic oxidation sites excluding steroid dienone is 2. The van der Waals surface area contributed by atoms with Crippen LogP contribution in [0.25, 0.3) is 0 Å². The fourth-order valence-electron chi connectivity index (χ4n) is 3.10. The minimum Gasteiger partial charge on any atom is -0.196 e. The summed E-state index contributed by atoms with van der Waals surface area (Å²) in [6.07, 6.45) is 10.4. The number of unbranched alkanes of at least 4 members (excludes halogenated alkanes) is 7. The van der Waals surface area contributed by atoms with Gasteiger partial charge in [-0.3, -0.25) is 0 Å². The predicted octanol–water partition coefficient (Wildman–Crippen LogP) is 10.3. The summed E-state index contributed by atoms with van der Waals surface area (Å²) in [7, 11) is 0. The zero-order chi connectivity index (χ0) is 23.5. The van der Waals surface area contributed by atoms with E-state index in [4.69, 9.17) is 0 Å². The molecule has 30 heavy (non-hydrogen) atoms. The molecule has 0 bridgehead atoms. The molecule has 0 aromatic carbocycles. The third-order valence-corrected chi connectivity index (χ3v) is 5.15. The lowest BCUT2D eigenvalue weighted by molar-refractivity contribution is -0.284. The number of hydrogen-bond acceptors (Lipinski definition) is 0. The molecule has 0 amide bonds. The van der Waals surface area contributed by atoms with Gasteiger partial charge in [-0.15, -0.1) is 13.2 Å². The van der Waals surface area contributed by atoms with Crippen molar-refractivity contribution in [2.24, 2.45) is 11.8 Å². The number of alkyl halides is 5. The Morgan fingerprint density at radius 3 is 1.47 bits per heavy atom. The largest absolute Gasteiger partial charge is 0.453 e. The second-order valence-electron chi connectivity index (χ2n) is 8.80. The number of halogens is 5. The van der Waals surface area contributed by atoms with Crippen LogP contribution in [0.15, 0.2) is 25.3 Å². The zero-order valence-corrected chi connectivity index (χ0v) is 19.5. The average molecular weight is 441 g/mol. The summed E-state index contributed by atoms with van der Waals surface area (Å²) in [5.74, 6) is -3.28. The first kappa shape index (κ1) is 31.3. The van der Waals surface area contributed by atoms with Gasteiger partial charge < -0.3 is 0 Å². The van der Waals surface area contributed by atoms with Crippen LogP contribution in [0.4, 0.5) is 22.0 Å². The first-order chi connectivity index (χ1) is 14.0. The maximum Gasteiger partial charge on any atom is 0.453 e. The lowest BCUT2D eigenvalue weighted by Crippen LogP contribution is -2.36. The van der Waals surface area contributed by atoms with Crippen LogP contribution in [0.1, 0.15) is 111 Å². The van der Waals surface area contributed by atoms with Crippen molar-refractivity contribution in [2.45, 2.75) is 123 Å². The maximum atomic E-state index is 12.6. The Balaban J connectivity index is 0. The van der Waals surface area contributed by atoms with Gasteiger partial charge in [-0.25, -0.2) is 0 Å². The molecule has 0 rings (SSSR count).